The molecule has 0 bridgehead atoms. The molecule has 0 aliphatic heterocycles. The molecular weight excluding hydrogens is 281 g/mol. The topological polar surface area (TPSA) is 30.5 Å². The Bertz CT molecular complexity index is 83.7. The van der Waals surface area contributed by atoms with Gasteiger partial charge in [-0.1, -0.05) is 22.6 Å². The zero-order valence-electron chi connectivity index (χ0n) is 8.35. The van der Waals surface area contributed by atoms with Gasteiger partial charge in [-0.05, 0) is 19.4 Å². The third kappa shape index (κ3) is 12.6. The van der Waals surface area contributed by atoms with Crippen LogP contribution in [0.1, 0.15) is 12.8 Å². The summed E-state index contributed by atoms with van der Waals surface area (Å²) in [5.41, 5.74) is 0. The third-order valence-corrected chi connectivity index (χ3v) is 2.31. The van der Waals surface area contributed by atoms with Gasteiger partial charge in [0.2, 0.25) is 0 Å². The zero-order chi connectivity index (χ0) is 9.78. The van der Waals surface area contributed by atoms with Crippen molar-refractivity contribution >= 4 is 22.6 Å². The summed E-state index contributed by atoms with van der Waals surface area (Å²) in [6, 6.07) is 0. The Balaban J connectivity index is 2.76. The minimum atomic E-state index is 0.794. The first kappa shape index (κ1) is 13.6. The van der Waals surface area contributed by atoms with Crippen LogP contribution < -0.4 is 5.32 Å². The van der Waals surface area contributed by atoms with Gasteiger partial charge in [-0.15, -0.1) is 0 Å². The zero-order valence-corrected chi connectivity index (χ0v) is 10.5. The number of hydrogen-bond donors (Lipinski definition) is 1. The molecule has 0 amide bonds. The van der Waals surface area contributed by atoms with Gasteiger partial charge in [0.05, 0.1) is 6.61 Å². The fraction of sp³-hybridized carbons (Fsp3) is 1.00. The molecule has 80 valence electrons. The number of hydrogen-bond acceptors (Lipinski definition) is 3. The first-order chi connectivity index (χ1) is 6.41. The second-order valence-corrected chi connectivity index (χ2v) is 3.83. The smallest absolute Gasteiger partial charge is 0.0590 e. The van der Waals surface area contributed by atoms with Gasteiger partial charge in [-0.3, -0.25) is 0 Å². The molecule has 0 saturated heterocycles. The van der Waals surface area contributed by atoms with Crippen molar-refractivity contribution in [2.45, 2.75) is 12.8 Å². The SMILES string of the molecule is COCCCOCCNCCCI. The highest BCUT2D eigenvalue weighted by Gasteiger charge is 1.89. The van der Waals surface area contributed by atoms with Crippen molar-refractivity contribution in [3.63, 3.8) is 0 Å². The molecule has 0 aromatic rings. The van der Waals surface area contributed by atoms with Crippen LogP contribution in [-0.4, -0.2) is 44.4 Å². The summed E-state index contributed by atoms with van der Waals surface area (Å²) in [6.07, 6.45) is 2.23. The summed E-state index contributed by atoms with van der Waals surface area (Å²) in [4.78, 5) is 0. The van der Waals surface area contributed by atoms with Gasteiger partial charge in [0.15, 0.2) is 0 Å². The molecule has 0 rings (SSSR count). The van der Waals surface area contributed by atoms with E-state index in [0.717, 1.165) is 39.3 Å². The Kier molecular flexibility index (Phi) is 13.2. The standard InChI is InChI=1S/C9H20INO2/c1-12-7-3-8-13-9-6-11-5-2-4-10/h11H,2-9H2,1H3. The van der Waals surface area contributed by atoms with Crippen molar-refractivity contribution in [2.24, 2.45) is 0 Å². The average molecular weight is 301 g/mol. The maximum atomic E-state index is 5.37. The fourth-order valence-electron chi connectivity index (χ4n) is 0.869. The van der Waals surface area contributed by atoms with E-state index in [-0.39, 0.29) is 0 Å². The molecule has 0 heterocycles. The molecule has 4 heteroatoms. The summed E-state index contributed by atoms with van der Waals surface area (Å²) in [7, 11) is 1.71. The highest BCUT2D eigenvalue weighted by Crippen LogP contribution is 1.85. The van der Waals surface area contributed by atoms with E-state index in [2.05, 4.69) is 27.9 Å². The van der Waals surface area contributed by atoms with E-state index in [0.29, 0.717) is 0 Å². The lowest BCUT2D eigenvalue weighted by molar-refractivity contribution is 0.104. The Morgan fingerprint density at radius 2 is 1.92 bits per heavy atom. The van der Waals surface area contributed by atoms with Crippen LogP contribution in [-0.2, 0) is 9.47 Å². The fourth-order valence-corrected chi connectivity index (χ4v) is 1.25. The predicted molar refractivity (Wildman–Crippen MR) is 63.7 cm³/mol. The minimum Gasteiger partial charge on any atom is -0.385 e. The lowest BCUT2D eigenvalue weighted by atomic mass is 10.5. The molecule has 0 atom stereocenters. The van der Waals surface area contributed by atoms with Crippen LogP contribution in [0.25, 0.3) is 0 Å². The largest absolute Gasteiger partial charge is 0.385 e. The molecule has 3 nitrogen and oxygen atoms in total. The van der Waals surface area contributed by atoms with Crippen LogP contribution in [0, 0.1) is 0 Å². The van der Waals surface area contributed by atoms with Crippen molar-refractivity contribution in [3.05, 3.63) is 0 Å². The Morgan fingerprint density at radius 3 is 2.62 bits per heavy atom. The van der Waals surface area contributed by atoms with Crippen LogP contribution in [0.3, 0.4) is 0 Å². The molecule has 0 aliphatic carbocycles. The summed E-state index contributed by atoms with van der Waals surface area (Å²) in [6.45, 7) is 4.48. The van der Waals surface area contributed by atoms with E-state index >= 15 is 0 Å². The molecule has 1 N–H and O–H groups in total. The van der Waals surface area contributed by atoms with Gasteiger partial charge in [-0.2, -0.15) is 0 Å². The van der Waals surface area contributed by atoms with E-state index in [1.165, 1.54) is 10.8 Å². The molecule has 0 saturated carbocycles. The van der Waals surface area contributed by atoms with Crippen molar-refractivity contribution in [1.29, 1.82) is 0 Å². The van der Waals surface area contributed by atoms with Crippen molar-refractivity contribution in [1.82, 2.24) is 5.32 Å². The van der Waals surface area contributed by atoms with E-state index in [1.807, 2.05) is 0 Å². The van der Waals surface area contributed by atoms with E-state index in [4.69, 9.17) is 9.47 Å². The summed E-state index contributed by atoms with van der Waals surface area (Å²) in [5.74, 6) is 0. The maximum Gasteiger partial charge on any atom is 0.0590 e. The quantitative estimate of drug-likeness (QED) is 0.376. The number of nitrogens with one attached hydrogen (secondary N) is 1. The molecule has 13 heavy (non-hydrogen) atoms. The molecule has 0 radical (unpaired) electrons. The Hall–Kier alpha value is 0.610. The van der Waals surface area contributed by atoms with Crippen LogP contribution in [0.5, 0.6) is 0 Å². The molecule has 0 aromatic carbocycles. The van der Waals surface area contributed by atoms with E-state index in [9.17, 15) is 0 Å². The molecule has 0 spiro atoms. The van der Waals surface area contributed by atoms with Crippen LogP contribution in [0.4, 0.5) is 0 Å². The summed E-state index contributed by atoms with van der Waals surface area (Å²) >= 11 is 2.39. The van der Waals surface area contributed by atoms with Gasteiger partial charge in [0, 0.05) is 31.3 Å². The molecule has 0 aromatic heterocycles. The van der Waals surface area contributed by atoms with Crippen LogP contribution >= 0.6 is 22.6 Å². The second-order valence-electron chi connectivity index (χ2n) is 2.75. The van der Waals surface area contributed by atoms with Crippen molar-refractivity contribution in [2.75, 3.05) is 44.4 Å². The maximum absolute atomic E-state index is 5.37. The number of rotatable bonds is 10. The lowest BCUT2D eigenvalue weighted by Crippen LogP contribution is -2.21. The predicted octanol–water partition coefficient (Wildman–Crippen LogP) is 1.45. The minimum absolute atomic E-state index is 0.794. The Labute approximate surface area is 94.7 Å². The summed E-state index contributed by atoms with van der Waals surface area (Å²) in [5, 5.41) is 3.32. The average Bonchev–Trinajstić information content (AvgIpc) is 2.16. The first-order valence-corrected chi connectivity index (χ1v) is 6.27. The van der Waals surface area contributed by atoms with Gasteiger partial charge in [-0.25, -0.2) is 0 Å². The normalized spacial score (nSPS) is 10.6. The van der Waals surface area contributed by atoms with Gasteiger partial charge < -0.3 is 14.8 Å². The third-order valence-electron chi connectivity index (χ3n) is 1.55. The van der Waals surface area contributed by atoms with E-state index < -0.39 is 0 Å². The van der Waals surface area contributed by atoms with Gasteiger partial charge >= 0.3 is 0 Å². The molecular formula is C9H20INO2. The highest BCUT2D eigenvalue weighted by molar-refractivity contribution is 14.1. The number of alkyl halides is 1. The second kappa shape index (κ2) is 12.6. The van der Waals surface area contributed by atoms with Gasteiger partial charge in [0.25, 0.3) is 0 Å². The first-order valence-electron chi connectivity index (χ1n) is 4.75. The number of ether oxygens (including phenoxy) is 2. The number of methoxy groups -OCH3 is 1. The molecule has 0 aliphatic rings. The van der Waals surface area contributed by atoms with Crippen LogP contribution in [0.15, 0.2) is 0 Å². The lowest BCUT2D eigenvalue weighted by Gasteiger charge is -2.04. The van der Waals surface area contributed by atoms with Crippen molar-refractivity contribution < 1.29 is 9.47 Å². The van der Waals surface area contributed by atoms with E-state index in [1.54, 1.807) is 7.11 Å². The number of halogens is 1. The highest BCUT2D eigenvalue weighted by atomic mass is 127. The molecule has 0 unspecified atom stereocenters. The van der Waals surface area contributed by atoms with Crippen LogP contribution in [0.2, 0.25) is 0 Å². The monoisotopic (exact) mass is 301 g/mol. The van der Waals surface area contributed by atoms with Gasteiger partial charge in [0.1, 0.15) is 0 Å². The van der Waals surface area contributed by atoms with Crippen molar-refractivity contribution in [3.8, 4) is 0 Å². The molecule has 0 fully saturated rings. The summed E-state index contributed by atoms with van der Waals surface area (Å²) < 4.78 is 11.5. The Morgan fingerprint density at radius 1 is 1.08 bits per heavy atom.